The predicted octanol–water partition coefficient (Wildman–Crippen LogP) is 4.20. The van der Waals surface area contributed by atoms with Crippen molar-refractivity contribution >= 4 is 27.5 Å². The lowest BCUT2D eigenvalue weighted by Crippen LogP contribution is -2.29. The molecular formula is C16H15BrClNO. The first-order chi connectivity index (χ1) is 9.72. The molecular weight excluding hydrogens is 338 g/mol. The Hall–Kier alpha value is -1.03. The van der Waals surface area contributed by atoms with E-state index in [1.807, 2.05) is 30.3 Å². The average molecular weight is 353 g/mol. The van der Waals surface area contributed by atoms with Gasteiger partial charge < -0.3 is 10.1 Å². The fourth-order valence-electron chi connectivity index (χ4n) is 2.41. The van der Waals surface area contributed by atoms with Crippen LogP contribution in [0.4, 0.5) is 0 Å². The molecule has 0 saturated heterocycles. The number of hydrogen-bond donors (Lipinski definition) is 1. The van der Waals surface area contributed by atoms with Crippen LogP contribution in [0.2, 0.25) is 5.02 Å². The van der Waals surface area contributed by atoms with Crippen molar-refractivity contribution in [2.45, 2.75) is 19.1 Å². The molecule has 0 aromatic heterocycles. The topological polar surface area (TPSA) is 21.3 Å². The third-order valence-corrected chi connectivity index (χ3v) is 4.42. The van der Waals surface area contributed by atoms with Crippen LogP contribution in [0.3, 0.4) is 0 Å². The monoisotopic (exact) mass is 351 g/mol. The molecule has 0 bridgehead atoms. The highest BCUT2D eigenvalue weighted by atomic mass is 79.9. The first-order valence-electron chi connectivity index (χ1n) is 6.61. The summed E-state index contributed by atoms with van der Waals surface area (Å²) in [5, 5.41) is 4.19. The van der Waals surface area contributed by atoms with Crippen molar-refractivity contribution < 1.29 is 4.74 Å². The summed E-state index contributed by atoms with van der Waals surface area (Å²) in [4.78, 5) is 0. The fraction of sp³-hybridized carbons (Fsp3) is 0.250. The van der Waals surface area contributed by atoms with E-state index in [1.165, 1.54) is 5.56 Å². The molecule has 1 heterocycles. The maximum absolute atomic E-state index is 6.01. The van der Waals surface area contributed by atoms with Gasteiger partial charge in [0.25, 0.3) is 0 Å². The molecule has 0 amide bonds. The zero-order valence-electron chi connectivity index (χ0n) is 10.9. The number of halogens is 2. The number of fused-ring (bicyclic) bond motifs is 1. The third-order valence-electron chi connectivity index (χ3n) is 3.41. The molecule has 0 saturated carbocycles. The summed E-state index contributed by atoms with van der Waals surface area (Å²) in [6, 6.07) is 14.1. The van der Waals surface area contributed by atoms with Crippen molar-refractivity contribution in [2.24, 2.45) is 0 Å². The normalized spacial score (nSPS) is 16.8. The second-order valence-corrected chi connectivity index (χ2v) is 6.21. The van der Waals surface area contributed by atoms with Gasteiger partial charge in [-0.05, 0) is 35.4 Å². The van der Waals surface area contributed by atoms with Crippen LogP contribution >= 0.6 is 27.5 Å². The van der Waals surface area contributed by atoms with Crippen molar-refractivity contribution in [1.82, 2.24) is 5.32 Å². The SMILES string of the molecule is Clc1ccc(Br)c(CNCC2Cc3ccccc3O2)c1. The molecule has 0 spiro atoms. The first-order valence-corrected chi connectivity index (χ1v) is 7.78. The van der Waals surface area contributed by atoms with Gasteiger partial charge in [0, 0.05) is 29.0 Å². The van der Waals surface area contributed by atoms with Crippen LogP contribution in [0, 0.1) is 0 Å². The van der Waals surface area contributed by atoms with E-state index < -0.39 is 0 Å². The van der Waals surface area contributed by atoms with Gasteiger partial charge in [-0.25, -0.2) is 0 Å². The van der Waals surface area contributed by atoms with Crippen molar-refractivity contribution in [3.05, 3.63) is 63.1 Å². The van der Waals surface area contributed by atoms with Crippen molar-refractivity contribution in [3.63, 3.8) is 0 Å². The standard InChI is InChI=1S/C16H15BrClNO/c17-15-6-5-13(18)7-12(15)9-19-10-14-8-11-3-1-2-4-16(11)20-14/h1-7,14,19H,8-10H2. The van der Waals surface area contributed by atoms with E-state index in [4.69, 9.17) is 16.3 Å². The number of para-hydroxylation sites is 1. The number of hydrogen-bond acceptors (Lipinski definition) is 2. The molecule has 1 aliphatic heterocycles. The van der Waals surface area contributed by atoms with Crippen LogP contribution in [-0.4, -0.2) is 12.6 Å². The molecule has 1 N–H and O–H groups in total. The Morgan fingerprint density at radius 3 is 2.95 bits per heavy atom. The summed E-state index contributed by atoms with van der Waals surface area (Å²) < 4.78 is 6.97. The van der Waals surface area contributed by atoms with Crippen LogP contribution in [0.25, 0.3) is 0 Å². The largest absolute Gasteiger partial charge is 0.488 e. The van der Waals surface area contributed by atoms with E-state index >= 15 is 0 Å². The molecule has 20 heavy (non-hydrogen) atoms. The second kappa shape index (κ2) is 6.17. The number of ether oxygens (including phenoxy) is 1. The van der Waals surface area contributed by atoms with E-state index in [-0.39, 0.29) is 6.10 Å². The van der Waals surface area contributed by atoms with E-state index in [0.29, 0.717) is 0 Å². The Labute approximate surface area is 132 Å². The van der Waals surface area contributed by atoms with Crippen LogP contribution < -0.4 is 10.1 Å². The predicted molar refractivity (Wildman–Crippen MR) is 85.4 cm³/mol. The lowest BCUT2D eigenvalue weighted by molar-refractivity contribution is 0.227. The minimum absolute atomic E-state index is 0.213. The minimum Gasteiger partial charge on any atom is -0.488 e. The van der Waals surface area contributed by atoms with Gasteiger partial charge in [0.2, 0.25) is 0 Å². The van der Waals surface area contributed by atoms with Gasteiger partial charge in [0.15, 0.2) is 0 Å². The van der Waals surface area contributed by atoms with Gasteiger partial charge in [-0.3, -0.25) is 0 Å². The Kier molecular flexibility index (Phi) is 4.29. The zero-order valence-corrected chi connectivity index (χ0v) is 13.2. The summed E-state index contributed by atoms with van der Waals surface area (Å²) in [5.74, 6) is 1.02. The van der Waals surface area contributed by atoms with Crippen LogP contribution in [-0.2, 0) is 13.0 Å². The van der Waals surface area contributed by atoms with Crippen molar-refractivity contribution in [1.29, 1.82) is 0 Å². The minimum atomic E-state index is 0.213. The molecule has 0 aliphatic carbocycles. The first kappa shape index (κ1) is 13.9. The van der Waals surface area contributed by atoms with E-state index in [2.05, 4.69) is 33.4 Å². The molecule has 0 radical (unpaired) electrons. The Bertz CT molecular complexity index is 592. The highest BCUT2D eigenvalue weighted by Crippen LogP contribution is 2.28. The summed E-state index contributed by atoms with van der Waals surface area (Å²) in [6.45, 7) is 1.60. The third kappa shape index (κ3) is 3.17. The molecule has 4 heteroatoms. The van der Waals surface area contributed by atoms with Gasteiger partial charge in [-0.15, -0.1) is 0 Å². The molecule has 1 atom stereocenters. The molecule has 1 unspecified atom stereocenters. The van der Waals surface area contributed by atoms with Crippen LogP contribution in [0.15, 0.2) is 46.9 Å². The number of benzene rings is 2. The Morgan fingerprint density at radius 1 is 1.25 bits per heavy atom. The average Bonchev–Trinajstić information content (AvgIpc) is 2.85. The van der Waals surface area contributed by atoms with Gasteiger partial charge in [0.05, 0.1) is 0 Å². The lowest BCUT2D eigenvalue weighted by Gasteiger charge is -2.12. The Balaban J connectivity index is 1.53. The molecule has 2 aromatic rings. The van der Waals surface area contributed by atoms with Gasteiger partial charge >= 0.3 is 0 Å². The summed E-state index contributed by atoms with van der Waals surface area (Å²) in [5.41, 5.74) is 2.45. The maximum atomic E-state index is 6.01. The highest BCUT2D eigenvalue weighted by molar-refractivity contribution is 9.10. The molecule has 2 nitrogen and oxygen atoms in total. The Morgan fingerprint density at radius 2 is 2.10 bits per heavy atom. The lowest BCUT2D eigenvalue weighted by atomic mass is 10.1. The molecule has 3 rings (SSSR count). The molecule has 1 aliphatic rings. The van der Waals surface area contributed by atoms with Gasteiger partial charge in [0.1, 0.15) is 11.9 Å². The van der Waals surface area contributed by atoms with E-state index in [9.17, 15) is 0 Å². The van der Waals surface area contributed by atoms with Crippen molar-refractivity contribution in [3.8, 4) is 5.75 Å². The summed E-state index contributed by atoms with van der Waals surface area (Å²) in [7, 11) is 0. The van der Waals surface area contributed by atoms with Crippen LogP contribution in [0.1, 0.15) is 11.1 Å². The van der Waals surface area contributed by atoms with Crippen LogP contribution in [0.5, 0.6) is 5.75 Å². The number of nitrogens with one attached hydrogen (secondary N) is 1. The smallest absolute Gasteiger partial charge is 0.123 e. The maximum Gasteiger partial charge on any atom is 0.123 e. The summed E-state index contributed by atoms with van der Waals surface area (Å²) in [6.07, 6.45) is 1.19. The molecule has 2 aromatic carbocycles. The van der Waals surface area contributed by atoms with E-state index in [0.717, 1.165) is 40.3 Å². The molecule has 0 fully saturated rings. The zero-order chi connectivity index (χ0) is 13.9. The molecule has 104 valence electrons. The quantitative estimate of drug-likeness (QED) is 0.890. The van der Waals surface area contributed by atoms with E-state index in [1.54, 1.807) is 0 Å². The number of rotatable bonds is 4. The summed E-state index contributed by atoms with van der Waals surface area (Å²) >= 11 is 9.55. The highest BCUT2D eigenvalue weighted by Gasteiger charge is 2.21. The van der Waals surface area contributed by atoms with Gasteiger partial charge in [-0.2, -0.15) is 0 Å². The second-order valence-electron chi connectivity index (χ2n) is 4.92. The van der Waals surface area contributed by atoms with Crippen molar-refractivity contribution in [2.75, 3.05) is 6.54 Å². The van der Waals surface area contributed by atoms with Gasteiger partial charge in [-0.1, -0.05) is 45.7 Å². The fourth-order valence-corrected chi connectivity index (χ4v) is 3.00.